The summed E-state index contributed by atoms with van der Waals surface area (Å²) in [5, 5.41) is 0. The maximum atomic E-state index is 13.4. The van der Waals surface area contributed by atoms with Crippen LogP contribution >= 0.6 is 0 Å². The van der Waals surface area contributed by atoms with Crippen LogP contribution in [0.4, 0.5) is 4.79 Å². The lowest BCUT2D eigenvalue weighted by Crippen LogP contribution is -2.82. The first-order chi connectivity index (χ1) is 13.8. The van der Waals surface area contributed by atoms with Crippen molar-refractivity contribution in [2.24, 2.45) is 17.4 Å². The summed E-state index contributed by atoms with van der Waals surface area (Å²) in [6.07, 6.45) is -0.408. The van der Waals surface area contributed by atoms with Crippen LogP contribution < -0.4 is 11.5 Å². The smallest absolute Gasteiger partial charge is 0.410 e. The third-order valence-corrected chi connectivity index (χ3v) is 5.39. The number of carbonyl (C=O) groups is 4. The van der Waals surface area contributed by atoms with Gasteiger partial charge in [0, 0.05) is 26.1 Å². The molecule has 0 aromatic rings. The van der Waals surface area contributed by atoms with Crippen molar-refractivity contribution in [3.05, 3.63) is 0 Å². The van der Waals surface area contributed by atoms with Gasteiger partial charge in [0.15, 0.2) is 0 Å². The summed E-state index contributed by atoms with van der Waals surface area (Å²) in [7, 11) is 0. The van der Waals surface area contributed by atoms with Gasteiger partial charge in [0.2, 0.25) is 17.7 Å². The SMILES string of the molecule is CC(C)CN1CCN(C(=O)OC(C)(C)C)CC12CN([C@@H](CCC(N)=O)C(N)=O)C2=O. The molecule has 0 aromatic heterocycles. The largest absolute Gasteiger partial charge is 0.444 e. The molecule has 2 aliphatic rings. The first-order valence-corrected chi connectivity index (χ1v) is 10.4. The van der Waals surface area contributed by atoms with Crippen LogP contribution in [-0.4, -0.2) is 88.4 Å². The Balaban J connectivity index is 2.22. The van der Waals surface area contributed by atoms with Gasteiger partial charge in [-0.2, -0.15) is 0 Å². The second-order valence-electron chi connectivity index (χ2n) is 9.63. The average molecular weight is 426 g/mol. The number of hydrogen-bond donors (Lipinski definition) is 2. The summed E-state index contributed by atoms with van der Waals surface area (Å²) in [5.41, 5.74) is 9.13. The maximum Gasteiger partial charge on any atom is 0.410 e. The normalized spacial score (nSPS) is 23.5. The molecule has 10 heteroatoms. The fourth-order valence-electron chi connectivity index (χ4n) is 4.07. The minimum Gasteiger partial charge on any atom is -0.444 e. The average Bonchev–Trinajstić information content (AvgIpc) is 2.59. The van der Waals surface area contributed by atoms with Gasteiger partial charge >= 0.3 is 6.09 Å². The summed E-state index contributed by atoms with van der Waals surface area (Å²) >= 11 is 0. The van der Waals surface area contributed by atoms with Crippen LogP contribution in [0, 0.1) is 5.92 Å². The second-order valence-corrected chi connectivity index (χ2v) is 9.63. The van der Waals surface area contributed by atoms with Gasteiger partial charge in [-0.1, -0.05) is 13.8 Å². The molecule has 2 rings (SSSR count). The number of piperazine rings is 1. The maximum absolute atomic E-state index is 13.4. The minimum atomic E-state index is -0.917. The van der Waals surface area contributed by atoms with Gasteiger partial charge in [-0.05, 0) is 33.1 Å². The number of nitrogens with two attached hydrogens (primary N) is 2. The number of nitrogens with zero attached hydrogens (tertiary/aromatic N) is 3. The lowest BCUT2D eigenvalue weighted by atomic mass is 9.81. The molecule has 0 aromatic carbocycles. The number of hydrogen-bond acceptors (Lipinski definition) is 6. The van der Waals surface area contributed by atoms with Crippen molar-refractivity contribution in [1.82, 2.24) is 14.7 Å². The highest BCUT2D eigenvalue weighted by atomic mass is 16.6. The van der Waals surface area contributed by atoms with E-state index in [1.165, 1.54) is 4.90 Å². The Hall–Kier alpha value is -2.36. The van der Waals surface area contributed by atoms with E-state index in [0.717, 1.165) is 0 Å². The van der Waals surface area contributed by atoms with E-state index < -0.39 is 35.1 Å². The molecular formula is C20H35N5O5. The number of ether oxygens (including phenoxy) is 1. The van der Waals surface area contributed by atoms with Crippen molar-refractivity contribution < 1.29 is 23.9 Å². The predicted octanol–water partition coefficient (Wildman–Crippen LogP) is -0.104. The van der Waals surface area contributed by atoms with Gasteiger partial charge in [0.25, 0.3) is 0 Å². The van der Waals surface area contributed by atoms with Crippen LogP contribution in [0.1, 0.15) is 47.5 Å². The van der Waals surface area contributed by atoms with Gasteiger partial charge < -0.3 is 26.0 Å². The fraction of sp³-hybridized carbons (Fsp3) is 0.800. The summed E-state index contributed by atoms with van der Waals surface area (Å²) in [6, 6.07) is -0.895. The number of β-lactam (4-membered cyclic amide) rings is 1. The molecule has 2 atom stereocenters. The summed E-state index contributed by atoms with van der Waals surface area (Å²) in [5.74, 6) is -1.17. The fourth-order valence-corrected chi connectivity index (χ4v) is 4.07. The van der Waals surface area contributed by atoms with Crippen LogP contribution in [0.3, 0.4) is 0 Å². The first kappa shape index (κ1) is 23.9. The number of likely N-dealkylation sites (tertiary alicyclic amines) is 1. The molecule has 0 bridgehead atoms. The molecule has 0 aliphatic carbocycles. The van der Waals surface area contributed by atoms with E-state index in [1.54, 1.807) is 25.7 Å². The molecule has 170 valence electrons. The Labute approximate surface area is 177 Å². The number of amides is 4. The van der Waals surface area contributed by atoms with Gasteiger partial charge in [0.05, 0.1) is 13.1 Å². The van der Waals surface area contributed by atoms with Gasteiger partial charge in [-0.15, -0.1) is 0 Å². The Morgan fingerprint density at radius 2 is 1.77 bits per heavy atom. The van der Waals surface area contributed by atoms with Gasteiger partial charge in [0.1, 0.15) is 17.2 Å². The molecule has 4 N–H and O–H groups in total. The van der Waals surface area contributed by atoms with E-state index in [9.17, 15) is 19.2 Å². The molecule has 2 aliphatic heterocycles. The highest BCUT2D eigenvalue weighted by molar-refractivity contribution is 5.97. The van der Waals surface area contributed by atoms with Crippen molar-refractivity contribution in [2.75, 3.05) is 32.7 Å². The molecule has 30 heavy (non-hydrogen) atoms. The highest BCUT2D eigenvalue weighted by Crippen LogP contribution is 2.36. The zero-order valence-electron chi connectivity index (χ0n) is 18.6. The predicted molar refractivity (Wildman–Crippen MR) is 110 cm³/mol. The topological polar surface area (TPSA) is 139 Å². The Morgan fingerprint density at radius 1 is 1.13 bits per heavy atom. The lowest BCUT2D eigenvalue weighted by molar-refractivity contribution is -0.179. The van der Waals surface area contributed by atoms with Crippen molar-refractivity contribution in [3.8, 4) is 0 Å². The Morgan fingerprint density at radius 3 is 2.23 bits per heavy atom. The van der Waals surface area contributed by atoms with Crippen LogP contribution in [0.25, 0.3) is 0 Å². The molecular weight excluding hydrogens is 390 g/mol. The van der Waals surface area contributed by atoms with Gasteiger partial charge in [-0.3, -0.25) is 19.3 Å². The Bertz CT molecular complexity index is 704. The molecule has 10 nitrogen and oxygen atoms in total. The summed E-state index contributed by atoms with van der Waals surface area (Å²) in [4.78, 5) is 54.1. The number of rotatable bonds is 7. The Kier molecular flexibility index (Phi) is 7.01. The van der Waals surface area contributed by atoms with Crippen LogP contribution in [0.2, 0.25) is 0 Å². The van der Waals surface area contributed by atoms with Crippen molar-refractivity contribution in [1.29, 1.82) is 0 Å². The van der Waals surface area contributed by atoms with E-state index in [2.05, 4.69) is 18.7 Å². The molecule has 0 saturated carbocycles. The lowest BCUT2D eigenvalue weighted by Gasteiger charge is -2.59. The van der Waals surface area contributed by atoms with Crippen molar-refractivity contribution in [2.45, 2.75) is 64.6 Å². The number of primary amides is 2. The molecule has 4 amide bonds. The number of carbonyl (C=O) groups excluding carboxylic acids is 4. The standard InChI is InChI=1S/C20H35N5O5/c1-13(2)10-24-9-8-23(18(29)30-19(3,4)5)11-20(24)12-25(17(20)28)14(16(22)27)6-7-15(21)26/h13-14H,6-12H2,1-5H3,(H2,21,26)(H2,22,27)/t14-,20?/m0/s1. The van der Waals surface area contributed by atoms with Crippen molar-refractivity contribution >= 4 is 23.8 Å². The van der Waals surface area contributed by atoms with E-state index in [1.807, 2.05) is 0 Å². The molecule has 0 radical (unpaired) electrons. The quantitative estimate of drug-likeness (QED) is 0.546. The van der Waals surface area contributed by atoms with E-state index >= 15 is 0 Å². The second kappa shape index (κ2) is 8.79. The summed E-state index contributed by atoms with van der Waals surface area (Å²) < 4.78 is 5.49. The van der Waals surface area contributed by atoms with Crippen LogP contribution in [0.5, 0.6) is 0 Å². The minimum absolute atomic E-state index is 0.0376. The molecule has 2 heterocycles. The summed E-state index contributed by atoms with van der Waals surface area (Å²) in [6.45, 7) is 11.6. The van der Waals surface area contributed by atoms with E-state index in [4.69, 9.17) is 16.2 Å². The van der Waals surface area contributed by atoms with E-state index in [-0.39, 0.29) is 31.8 Å². The zero-order chi connectivity index (χ0) is 22.9. The third kappa shape index (κ3) is 5.21. The molecule has 2 fully saturated rings. The van der Waals surface area contributed by atoms with Crippen molar-refractivity contribution in [3.63, 3.8) is 0 Å². The van der Waals surface area contributed by atoms with Crippen LogP contribution in [-0.2, 0) is 19.1 Å². The first-order valence-electron chi connectivity index (χ1n) is 10.4. The highest BCUT2D eigenvalue weighted by Gasteiger charge is 2.61. The molecule has 1 unspecified atom stereocenters. The molecule has 1 spiro atoms. The molecule has 2 saturated heterocycles. The van der Waals surface area contributed by atoms with E-state index in [0.29, 0.717) is 25.6 Å². The zero-order valence-corrected chi connectivity index (χ0v) is 18.6. The van der Waals surface area contributed by atoms with Crippen LogP contribution in [0.15, 0.2) is 0 Å². The monoisotopic (exact) mass is 425 g/mol. The van der Waals surface area contributed by atoms with Gasteiger partial charge in [-0.25, -0.2) is 4.79 Å². The third-order valence-electron chi connectivity index (χ3n) is 5.39.